The molecule has 5 nitrogen and oxygen atoms in total. The molecule has 0 bridgehead atoms. The van der Waals surface area contributed by atoms with Gasteiger partial charge in [0.15, 0.2) is 0 Å². The number of benzene rings is 2. The highest BCUT2D eigenvalue weighted by atomic mass is 79.9. The Balaban J connectivity index is 1.42. The number of nitrogens with zero attached hydrogens (tertiary/aromatic N) is 2. The first-order chi connectivity index (χ1) is 14.1. The van der Waals surface area contributed by atoms with Crippen LogP contribution >= 0.6 is 27.7 Å². The highest BCUT2D eigenvalue weighted by Crippen LogP contribution is 2.27. The van der Waals surface area contributed by atoms with E-state index in [1.165, 1.54) is 0 Å². The molecule has 0 unspecified atom stereocenters. The number of carbonyl (C=O) groups is 2. The van der Waals surface area contributed by atoms with E-state index in [1.54, 1.807) is 11.8 Å². The predicted molar refractivity (Wildman–Crippen MR) is 122 cm³/mol. The van der Waals surface area contributed by atoms with Crippen molar-refractivity contribution in [1.82, 2.24) is 9.80 Å². The summed E-state index contributed by atoms with van der Waals surface area (Å²) in [5.41, 5.74) is 2.02. The van der Waals surface area contributed by atoms with Gasteiger partial charge < -0.3 is 10.2 Å². The molecule has 2 aromatic carbocycles. The molecular weight excluding hydrogens is 450 g/mol. The number of nitrogens with one attached hydrogen (secondary N) is 1. The van der Waals surface area contributed by atoms with Crippen molar-refractivity contribution in [2.75, 3.05) is 43.8 Å². The van der Waals surface area contributed by atoms with Gasteiger partial charge in [-0.15, -0.1) is 11.8 Å². The molecule has 0 saturated carbocycles. The minimum absolute atomic E-state index is 0.00448. The van der Waals surface area contributed by atoms with Gasteiger partial charge in [0.05, 0.1) is 12.3 Å². The van der Waals surface area contributed by atoms with Crippen LogP contribution in [-0.2, 0) is 16.0 Å². The lowest BCUT2D eigenvalue weighted by atomic mass is 10.1. The highest BCUT2D eigenvalue weighted by Gasteiger charge is 2.22. The zero-order chi connectivity index (χ0) is 20.6. The topological polar surface area (TPSA) is 52.7 Å². The van der Waals surface area contributed by atoms with E-state index in [1.807, 2.05) is 53.4 Å². The molecule has 0 aromatic heterocycles. The number of piperazine rings is 1. The van der Waals surface area contributed by atoms with Gasteiger partial charge in [-0.05, 0) is 46.1 Å². The first-order valence-corrected chi connectivity index (χ1v) is 11.6. The molecule has 2 amide bonds. The number of aryl methyl sites for hydroxylation is 1. The molecule has 1 N–H and O–H groups in total. The van der Waals surface area contributed by atoms with Crippen molar-refractivity contribution >= 4 is 45.2 Å². The van der Waals surface area contributed by atoms with Crippen molar-refractivity contribution in [1.29, 1.82) is 0 Å². The van der Waals surface area contributed by atoms with Crippen LogP contribution in [0.3, 0.4) is 0 Å². The van der Waals surface area contributed by atoms with Crippen LogP contribution in [0.1, 0.15) is 12.5 Å². The number of para-hydroxylation sites is 1. The summed E-state index contributed by atoms with van der Waals surface area (Å²) in [6, 6.07) is 15.8. The van der Waals surface area contributed by atoms with Crippen LogP contribution < -0.4 is 5.32 Å². The lowest BCUT2D eigenvalue weighted by Gasteiger charge is -2.34. The Morgan fingerprint density at radius 2 is 1.72 bits per heavy atom. The Morgan fingerprint density at radius 1 is 1.03 bits per heavy atom. The maximum absolute atomic E-state index is 12.5. The average Bonchev–Trinajstić information content (AvgIpc) is 2.74. The number of amides is 2. The fourth-order valence-electron chi connectivity index (χ4n) is 3.29. The lowest BCUT2D eigenvalue weighted by molar-refractivity contribution is -0.130. The largest absolute Gasteiger partial charge is 0.339 e. The van der Waals surface area contributed by atoms with Crippen LogP contribution in [0.2, 0.25) is 0 Å². The number of anilines is 1. The molecule has 0 spiro atoms. The lowest BCUT2D eigenvalue weighted by Crippen LogP contribution is -2.50. The molecule has 7 heteroatoms. The maximum atomic E-state index is 12.5. The quantitative estimate of drug-likeness (QED) is 0.617. The average molecular weight is 476 g/mol. The first-order valence-electron chi connectivity index (χ1n) is 9.82. The van der Waals surface area contributed by atoms with E-state index in [4.69, 9.17) is 0 Å². The molecule has 1 fully saturated rings. The van der Waals surface area contributed by atoms with Crippen LogP contribution in [-0.4, -0.2) is 60.1 Å². The van der Waals surface area contributed by atoms with E-state index < -0.39 is 0 Å². The molecule has 1 heterocycles. The second-order valence-corrected chi connectivity index (χ2v) is 8.81. The molecule has 1 saturated heterocycles. The summed E-state index contributed by atoms with van der Waals surface area (Å²) in [7, 11) is 0. The number of thioether (sulfide) groups is 1. The molecule has 0 atom stereocenters. The number of hydrogen-bond donors (Lipinski definition) is 1. The summed E-state index contributed by atoms with van der Waals surface area (Å²) in [6.07, 6.45) is 0.884. The Morgan fingerprint density at radius 3 is 2.45 bits per heavy atom. The number of halogens is 1. The zero-order valence-electron chi connectivity index (χ0n) is 16.6. The normalized spacial score (nSPS) is 14.6. The van der Waals surface area contributed by atoms with Gasteiger partial charge in [-0.3, -0.25) is 14.5 Å². The molecular formula is C22H26BrN3O2S. The van der Waals surface area contributed by atoms with Gasteiger partial charge in [0.1, 0.15) is 0 Å². The van der Waals surface area contributed by atoms with E-state index in [-0.39, 0.29) is 11.8 Å². The summed E-state index contributed by atoms with van der Waals surface area (Å²) < 4.78 is 1.01. The first kappa shape index (κ1) is 21.9. The van der Waals surface area contributed by atoms with E-state index in [0.717, 1.165) is 27.0 Å². The van der Waals surface area contributed by atoms with Gasteiger partial charge in [-0.25, -0.2) is 0 Å². The van der Waals surface area contributed by atoms with E-state index >= 15 is 0 Å². The minimum Gasteiger partial charge on any atom is -0.339 e. The third kappa shape index (κ3) is 6.32. The number of carbonyl (C=O) groups excluding carboxylic acids is 2. The Labute approximate surface area is 185 Å². The molecule has 29 heavy (non-hydrogen) atoms. The Kier molecular flexibility index (Phi) is 8.15. The van der Waals surface area contributed by atoms with Crippen molar-refractivity contribution in [2.24, 2.45) is 0 Å². The van der Waals surface area contributed by atoms with Gasteiger partial charge >= 0.3 is 0 Å². The number of rotatable bonds is 7. The molecule has 154 valence electrons. The summed E-state index contributed by atoms with van der Waals surface area (Å²) >= 11 is 5.06. The predicted octanol–water partition coefficient (Wildman–Crippen LogP) is 3.89. The second-order valence-electron chi connectivity index (χ2n) is 6.93. The van der Waals surface area contributed by atoms with Crippen LogP contribution in [0.25, 0.3) is 0 Å². The maximum Gasteiger partial charge on any atom is 0.238 e. The number of hydrogen-bond acceptors (Lipinski definition) is 4. The summed E-state index contributed by atoms with van der Waals surface area (Å²) in [4.78, 5) is 30.0. The zero-order valence-corrected chi connectivity index (χ0v) is 19.0. The van der Waals surface area contributed by atoms with Crippen LogP contribution in [0.5, 0.6) is 0 Å². The van der Waals surface area contributed by atoms with Gasteiger partial charge in [0, 0.05) is 41.2 Å². The second kappa shape index (κ2) is 10.8. The van der Waals surface area contributed by atoms with Crippen molar-refractivity contribution in [3.63, 3.8) is 0 Å². The van der Waals surface area contributed by atoms with E-state index in [2.05, 4.69) is 33.1 Å². The van der Waals surface area contributed by atoms with Gasteiger partial charge in [0.25, 0.3) is 0 Å². The van der Waals surface area contributed by atoms with Crippen molar-refractivity contribution < 1.29 is 9.59 Å². The Bertz CT molecular complexity index is 853. The van der Waals surface area contributed by atoms with Crippen molar-refractivity contribution in [3.8, 4) is 0 Å². The van der Waals surface area contributed by atoms with Crippen LogP contribution in [0.15, 0.2) is 57.9 Å². The van der Waals surface area contributed by atoms with Crippen LogP contribution in [0, 0.1) is 0 Å². The van der Waals surface area contributed by atoms with Crippen LogP contribution in [0.4, 0.5) is 5.69 Å². The van der Waals surface area contributed by atoms with Crippen molar-refractivity contribution in [2.45, 2.75) is 18.2 Å². The molecule has 3 rings (SSSR count). The molecule has 0 radical (unpaired) electrons. The fraction of sp³-hybridized carbons (Fsp3) is 0.364. The molecule has 1 aliphatic heterocycles. The molecule has 2 aromatic rings. The minimum atomic E-state index is -0.00448. The SMILES string of the molecule is CCc1ccccc1NC(=O)CN1CCN(C(=O)CSc2ccccc2Br)CC1. The standard InChI is InChI=1S/C22H26BrN3O2S/c1-2-17-7-3-5-9-19(17)24-21(27)15-25-11-13-26(14-12-25)22(28)16-29-20-10-6-4-8-18(20)23/h3-10H,2,11-16H2,1H3,(H,24,27). The van der Waals surface area contributed by atoms with Gasteiger partial charge in [0.2, 0.25) is 11.8 Å². The smallest absolute Gasteiger partial charge is 0.238 e. The summed E-state index contributed by atoms with van der Waals surface area (Å²) in [5, 5.41) is 3.02. The highest BCUT2D eigenvalue weighted by molar-refractivity contribution is 9.10. The monoisotopic (exact) mass is 475 g/mol. The van der Waals surface area contributed by atoms with Gasteiger partial charge in [-0.1, -0.05) is 37.3 Å². The van der Waals surface area contributed by atoms with Crippen molar-refractivity contribution in [3.05, 3.63) is 58.6 Å². The molecule has 0 aliphatic carbocycles. The third-order valence-electron chi connectivity index (χ3n) is 4.95. The molecule has 1 aliphatic rings. The fourth-order valence-corrected chi connectivity index (χ4v) is 4.76. The van der Waals surface area contributed by atoms with Gasteiger partial charge in [-0.2, -0.15) is 0 Å². The Hall–Kier alpha value is -1.83. The summed E-state index contributed by atoms with van der Waals surface area (Å²) in [6.45, 7) is 5.19. The third-order valence-corrected chi connectivity index (χ3v) is 6.96. The van der Waals surface area contributed by atoms with E-state index in [0.29, 0.717) is 38.5 Å². The van der Waals surface area contributed by atoms with E-state index in [9.17, 15) is 9.59 Å². The summed E-state index contributed by atoms with van der Waals surface area (Å²) in [5.74, 6) is 0.568.